The summed E-state index contributed by atoms with van der Waals surface area (Å²) in [7, 11) is 0. The van der Waals surface area contributed by atoms with E-state index in [0.29, 0.717) is 12.1 Å². The lowest BCUT2D eigenvalue weighted by Crippen LogP contribution is -2.41. The molecule has 2 fully saturated rings. The lowest BCUT2D eigenvalue weighted by atomic mass is 9.99. The van der Waals surface area contributed by atoms with E-state index in [1.54, 1.807) is 0 Å². The molecule has 2 aromatic heterocycles. The summed E-state index contributed by atoms with van der Waals surface area (Å²) in [6.45, 7) is 4.70. The highest BCUT2D eigenvalue weighted by Crippen LogP contribution is 2.34. The van der Waals surface area contributed by atoms with Gasteiger partial charge < -0.3 is 9.47 Å². The van der Waals surface area contributed by atoms with E-state index in [1.165, 1.54) is 57.3 Å². The molecule has 4 nitrogen and oxygen atoms in total. The zero-order valence-electron chi connectivity index (χ0n) is 14.2. The minimum atomic E-state index is 0.614. The van der Waals surface area contributed by atoms with Crippen LogP contribution < -0.4 is 0 Å². The molecule has 0 N–H and O–H groups in total. The summed E-state index contributed by atoms with van der Waals surface area (Å²) < 4.78 is 2.49. The lowest BCUT2D eigenvalue weighted by molar-refractivity contribution is 0.152. The Morgan fingerprint density at radius 2 is 1.96 bits per heavy atom. The molecule has 0 amide bonds. The van der Waals surface area contributed by atoms with Crippen LogP contribution in [0.2, 0.25) is 0 Å². The third-order valence-corrected chi connectivity index (χ3v) is 5.79. The Hall–Kier alpha value is -1.42. The second-order valence-corrected chi connectivity index (χ2v) is 7.16. The molecule has 1 aliphatic carbocycles. The summed E-state index contributed by atoms with van der Waals surface area (Å²) in [5.74, 6) is 1.27. The van der Waals surface area contributed by atoms with Gasteiger partial charge >= 0.3 is 0 Å². The normalized spacial score (nSPS) is 23.8. The van der Waals surface area contributed by atoms with E-state index in [9.17, 15) is 0 Å². The van der Waals surface area contributed by atoms with Crippen molar-refractivity contribution in [3.8, 4) is 0 Å². The first-order chi connectivity index (χ1) is 11.4. The van der Waals surface area contributed by atoms with E-state index >= 15 is 0 Å². The molecule has 0 spiro atoms. The molecule has 0 radical (unpaired) electrons. The molecule has 0 bridgehead atoms. The molecule has 1 saturated heterocycles. The summed E-state index contributed by atoms with van der Waals surface area (Å²) in [6, 6.07) is 5.40. The number of nitrogens with zero attached hydrogens (tertiary/aromatic N) is 4. The van der Waals surface area contributed by atoms with Crippen molar-refractivity contribution in [3.63, 3.8) is 0 Å². The summed E-state index contributed by atoms with van der Waals surface area (Å²) in [4.78, 5) is 12.3. The molecule has 0 aromatic carbocycles. The van der Waals surface area contributed by atoms with Crippen LogP contribution in [0.1, 0.15) is 63.7 Å². The Morgan fingerprint density at radius 1 is 1.13 bits per heavy atom. The third kappa shape index (κ3) is 2.89. The average molecular weight is 312 g/mol. The van der Waals surface area contributed by atoms with Crippen LogP contribution in [0.4, 0.5) is 0 Å². The second kappa shape index (κ2) is 6.60. The van der Waals surface area contributed by atoms with Crippen molar-refractivity contribution in [2.75, 3.05) is 13.1 Å². The van der Waals surface area contributed by atoms with Gasteiger partial charge in [0.2, 0.25) is 0 Å². The SMILES string of the molecule is CCN1CCCCC1Cc1nc2cccnc2n1C1CCCC1. The van der Waals surface area contributed by atoms with E-state index < -0.39 is 0 Å². The molecule has 23 heavy (non-hydrogen) atoms. The predicted octanol–water partition coefficient (Wildman–Crippen LogP) is 3.96. The quantitative estimate of drug-likeness (QED) is 0.857. The first-order valence-corrected chi connectivity index (χ1v) is 9.42. The first-order valence-electron chi connectivity index (χ1n) is 9.42. The molecule has 1 aliphatic heterocycles. The van der Waals surface area contributed by atoms with Gasteiger partial charge in [-0.1, -0.05) is 26.2 Å². The number of imidazole rings is 1. The number of hydrogen-bond acceptors (Lipinski definition) is 3. The summed E-state index contributed by atoms with van der Waals surface area (Å²) >= 11 is 0. The zero-order chi connectivity index (χ0) is 15.6. The highest BCUT2D eigenvalue weighted by Gasteiger charge is 2.27. The summed E-state index contributed by atoms with van der Waals surface area (Å²) in [5.41, 5.74) is 2.18. The van der Waals surface area contributed by atoms with Gasteiger partial charge in [0.15, 0.2) is 5.65 Å². The number of rotatable bonds is 4. The van der Waals surface area contributed by atoms with Gasteiger partial charge in [-0.25, -0.2) is 9.97 Å². The van der Waals surface area contributed by atoms with Gasteiger partial charge in [-0.3, -0.25) is 0 Å². The molecule has 1 saturated carbocycles. The van der Waals surface area contributed by atoms with Crippen LogP contribution in [-0.4, -0.2) is 38.6 Å². The standard InChI is InChI=1S/C19H28N4/c1-2-22-13-6-5-10-16(22)14-18-21-17-11-7-12-20-19(17)23(18)15-8-3-4-9-15/h7,11-12,15-16H,2-6,8-10,13-14H2,1H3. The third-order valence-electron chi connectivity index (χ3n) is 5.79. The molecular weight excluding hydrogens is 284 g/mol. The average Bonchev–Trinajstić information content (AvgIpc) is 3.22. The number of piperidine rings is 1. The van der Waals surface area contributed by atoms with Gasteiger partial charge in [0, 0.05) is 24.7 Å². The summed E-state index contributed by atoms with van der Waals surface area (Å²) in [6.07, 6.45) is 12.3. The molecule has 4 rings (SSSR count). The highest BCUT2D eigenvalue weighted by molar-refractivity contribution is 5.71. The van der Waals surface area contributed by atoms with Gasteiger partial charge in [0.25, 0.3) is 0 Å². The maximum absolute atomic E-state index is 4.99. The summed E-state index contributed by atoms with van der Waals surface area (Å²) in [5, 5.41) is 0. The van der Waals surface area contributed by atoms with Crippen LogP contribution in [0.25, 0.3) is 11.2 Å². The Labute approximate surface area is 138 Å². The second-order valence-electron chi connectivity index (χ2n) is 7.16. The van der Waals surface area contributed by atoms with E-state index in [-0.39, 0.29) is 0 Å². The predicted molar refractivity (Wildman–Crippen MR) is 93.6 cm³/mol. The monoisotopic (exact) mass is 312 g/mol. The fraction of sp³-hybridized carbons (Fsp3) is 0.684. The van der Waals surface area contributed by atoms with Crippen LogP contribution >= 0.6 is 0 Å². The minimum absolute atomic E-state index is 0.614. The van der Waals surface area contributed by atoms with Crippen LogP contribution in [0, 0.1) is 0 Å². The van der Waals surface area contributed by atoms with Crippen molar-refractivity contribution in [3.05, 3.63) is 24.2 Å². The van der Waals surface area contributed by atoms with Crippen LogP contribution in [0.3, 0.4) is 0 Å². The minimum Gasteiger partial charge on any atom is -0.310 e. The van der Waals surface area contributed by atoms with Gasteiger partial charge in [-0.05, 0) is 50.9 Å². The van der Waals surface area contributed by atoms with E-state index in [1.807, 2.05) is 12.3 Å². The molecule has 1 unspecified atom stereocenters. The largest absolute Gasteiger partial charge is 0.310 e. The lowest BCUT2D eigenvalue weighted by Gasteiger charge is -2.35. The van der Waals surface area contributed by atoms with Crippen molar-refractivity contribution in [1.82, 2.24) is 19.4 Å². The fourth-order valence-corrected chi connectivity index (χ4v) is 4.58. The number of likely N-dealkylation sites (tertiary alicyclic amines) is 1. The van der Waals surface area contributed by atoms with Crippen molar-refractivity contribution < 1.29 is 0 Å². The maximum atomic E-state index is 4.99. The highest BCUT2D eigenvalue weighted by atomic mass is 15.2. The maximum Gasteiger partial charge on any atom is 0.160 e. The molecule has 3 heterocycles. The Morgan fingerprint density at radius 3 is 2.78 bits per heavy atom. The Bertz CT molecular complexity index is 656. The Balaban J connectivity index is 1.69. The van der Waals surface area contributed by atoms with E-state index in [0.717, 1.165) is 24.1 Å². The molecular formula is C19H28N4. The van der Waals surface area contributed by atoms with Gasteiger partial charge in [0.1, 0.15) is 11.3 Å². The molecule has 2 aromatic rings. The fourth-order valence-electron chi connectivity index (χ4n) is 4.58. The van der Waals surface area contributed by atoms with Crippen LogP contribution in [0.15, 0.2) is 18.3 Å². The van der Waals surface area contributed by atoms with E-state index in [4.69, 9.17) is 4.98 Å². The zero-order valence-corrected chi connectivity index (χ0v) is 14.2. The Kier molecular flexibility index (Phi) is 4.34. The molecule has 124 valence electrons. The number of pyridine rings is 1. The number of hydrogen-bond donors (Lipinski definition) is 0. The van der Waals surface area contributed by atoms with Crippen molar-refractivity contribution in [2.24, 2.45) is 0 Å². The van der Waals surface area contributed by atoms with E-state index in [2.05, 4.69) is 27.4 Å². The molecule has 1 atom stereocenters. The first kappa shape index (κ1) is 15.1. The smallest absolute Gasteiger partial charge is 0.160 e. The van der Waals surface area contributed by atoms with Gasteiger partial charge in [-0.15, -0.1) is 0 Å². The van der Waals surface area contributed by atoms with Crippen molar-refractivity contribution in [2.45, 2.75) is 70.4 Å². The van der Waals surface area contributed by atoms with Crippen molar-refractivity contribution >= 4 is 11.2 Å². The number of fused-ring (bicyclic) bond motifs is 1. The molecule has 4 heteroatoms. The molecule has 2 aliphatic rings. The van der Waals surface area contributed by atoms with Gasteiger partial charge in [-0.2, -0.15) is 0 Å². The van der Waals surface area contributed by atoms with Crippen molar-refractivity contribution in [1.29, 1.82) is 0 Å². The number of likely N-dealkylation sites (N-methyl/N-ethyl adjacent to an activating group) is 1. The number of aromatic nitrogens is 3. The van der Waals surface area contributed by atoms with Crippen LogP contribution in [0.5, 0.6) is 0 Å². The van der Waals surface area contributed by atoms with Gasteiger partial charge in [0.05, 0.1) is 0 Å². The van der Waals surface area contributed by atoms with Crippen LogP contribution in [-0.2, 0) is 6.42 Å². The topological polar surface area (TPSA) is 34.0 Å².